The molecule has 0 aliphatic rings. The van der Waals surface area contributed by atoms with Gasteiger partial charge in [0.1, 0.15) is 18.1 Å². The molecule has 1 aromatic heterocycles. The molecule has 0 fully saturated rings. The molecule has 0 aliphatic heterocycles. The summed E-state index contributed by atoms with van der Waals surface area (Å²) in [5.74, 6) is -3.91. The van der Waals surface area contributed by atoms with E-state index in [1.807, 2.05) is 13.8 Å². The number of amides is 4. The van der Waals surface area contributed by atoms with Crippen molar-refractivity contribution in [3.63, 3.8) is 0 Å². The summed E-state index contributed by atoms with van der Waals surface area (Å²) in [7, 11) is 0. The molecule has 0 radical (unpaired) electrons. The summed E-state index contributed by atoms with van der Waals surface area (Å²) < 4.78 is 0. The third-order valence-electron chi connectivity index (χ3n) is 4.72. The van der Waals surface area contributed by atoms with Gasteiger partial charge in [0, 0.05) is 24.7 Å². The number of nitrogens with two attached hydrogens (primary N) is 2. The van der Waals surface area contributed by atoms with Gasteiger partial charge in [0.15, 0.2) is 0 Å². The van der Waals surface area contributed by atoms with Crippen molar-refractivity contribution >= 4 is 29.6 Å². The highest BCUT2D eigenvalue weighted by Gasteiger charge is 2.29. The van der Waals surface area contributed by atoms with Crippen molar-refractivity contribution < 1.29 is 29.1 Å². The van der Waals surface area contributed by atoms with E-state index in [9.17, 15) is 29.1 Å². The molecule has 33 heavy (non-hydrogen) atoms. The smallest absolute Gasteiger partial charge is 0.326 e. The van der Waals surface area contributed by atoms with Crippen LogP contribution in [0.2, 0.25) is 0 Å². The molecule has 1 heterocycles. The fourth-order valence-electron chi connectivity index (χ4n) is 2.93. The number of hydrogen-bond acceptors (Lipinski definition) is 7. The van der Waals surface area contributed by atoms with Gasteiger partial charge >= 0.3 is 5.97 Å². The zero-order valence-electron chi connectivity index (χ0n) is 19.0. The van der Waals surface area contributed by atoms with E-state index in [4.69, 9.17) is 11.5 Å². The summed E-state index contributed by atoms with van der Waals surface area (Å²) in [6, 6.07) is -4.31. The van der Waals surface area contributed by atoms with Crippen molar-refractivity contribution in [1.82, 2.24) is 25.9 Å². The van der Waals surface area contributed by atoms with Crippen LogP contribution in [0, 0.1) is 5.92 Å². The number of nitrogens with zero attached hydrogens (tertiary/aromatic N) is 1. The van der Waals surface area contributed by atoms with E-state index in [2.05, 4.69) is 25.9 Å². The number of aliphatic carboxylic acids is 1. The Morgan fingerprint density at radius 1 is 1.03 bits per heavy atom. The van der Waals surface area contributed by atoms with Crippen LogP contribution < -0.4 is 27.4 Å². The van der Waals surface area contributed by atoms with Crippen molar-refractivity contribution in [2.45, 2.75) is 70.6 Å². The number of aromatic amines is 1. The molecule has 1 rings (SSSR count). The lowest BCUT2D eigenvalue weighted by Crippen LogP contribution is -2.56. The molecule has 13 nitrogen and oxygen atoms in total. The lowest BCUT2D eigenvalue weighted by atomic mass is 10.0. The number of carbonyl (C=O) groups is 5. The molecule has 4 unspecified atom stereocenters. The number of carbonyl (C=O) groups excluding carboxylic acids is 4. The van der Waals surface area contributed by atoms with Gasteiger partial charge < -0.3 is 37.5 Å². The van der Waals surface area contributed by atoms with Crippen molar-refractivity contribution in [1.29, 1.82) is 0 Å². The third-order valence-corrected chi connectivity index (χ3v) is 4.72. The van der Waals surface area contributed by atoms with Crippen molar-refractivity contribution in [2.24, 2.45) is 17.4 Å². The summed E-state index contributed by atoms with van der Waals surface area (Å²) in [6.07, 6.45) is 3.09. The van der Waals surface area contributed by atoms with E-state index >= 15 is 0 Å². The van der Waals surface area contributed by atoms with E-state index in [0.29, 0.717) is 12.1 Å². The molecule has 0 saturated carbocycles. The van der Waals surface area contributed by atoms with Crippen LogP contribution in [-0.2, 0) is 30.4 Å². The first kappa shape index (κ1) is 27.6. The highest BCUT2D eigenvalue weighted by molar-refractivity contribution is 5.94. The van der Waals surface area contributed by atoms with Gasteiger partial charge in [-0.1, -0.05) is 13.8 Å². The quantitative estimate of drug-likeness (QED) is 0.164. The van der Waals surface area contributed by atoms with Crippen LogP contribution in [0.25, 0.3) is 0 Å². The van der Waals surface area contributed by atoms with Crippen LogP contribution in [0.3, 0.4) is 0 Å². The maximum absolute atomic E-state index is 12.8. The second-order valence-electron chi connectivity index (χ2n) is 8.21. The maximum atomic E-state index is 12.8. The van der Waals surface area contributed by atoms with E-state index in [0.717, 1.165) is 0 Å². The Morgan fingerprint density at radius 2 is 1.67 bits per heavy atom. The number of nitrogens with one attached hydrogen (secondary N) is 4. The van der Waals surface area contributed by atoms with E-state index < -0.39 is 53.8 Å². The van der Waals surface area contributed by atoms with E-state index in [1.165, 1.54) is 13.3 Å². The molecule has 184 valence electrons. The first-order chi connectivity index (χ1) is 15.4. The van der Waals surface area contributed by atoms with Crippen LogP contribution in [0.4, 0.5) is 0 Å². The van der Waals surface area contributed by atoms with Crippen molar-refractivity contribution in [3.8, 4) is 0 Å². The largest absolute Gasteiger partial charge is 0.480 e. The SMILES string of the molecule is CC(C)CC(NC(=O)C(N)Cc1cnc[nH]1)C(=O)NC(C)C(=O)NC(CCC(N)=O)C(=O)O. The Labute approximate surface area is 191 Å². The minimum atomic E-state index is -1.34. The summed E-state index contributed by atoms with van der Waals surface area (Å²) in [6.45, 7) is 5.10. The number of imidazole rings is 1. The van der Waals surface area contributed by atoms with Crippen molar-refractivity contribution in [3.05, 3.63) is 18.2 Å². The van der Waals surface area contributed by atoms with Gasteiger partial charge in [0.2, 0.25) is 23.6 Å². The van der Waals surface area contributed by atoms with Crippen LogP contribution >= 0.6 is 0 Å². The zero-order valence-corrected chi connectivity index (χ0v) is 19.0. The normalized spacial score (nSPS) is 14.6. The Hall–Kier alpha value is -3.48. The topological polar surface area (TPSA) is 222 Å². The minimum absolute atomic E-state index is 0.0409. The summed E-state index contributed by atoms with van der Waals surface area (Å²) in [5, 5.41) is 16.6. The molecule has 0 saturated heterocycles. The van der Waals surface area contributed by atoms with Crippen LogP contribution in [-0.4, -0.2) is 68.8 Å². The van der Waals surface area contributed by atoms with Gasteiger partial charge in [-0.15, -0.1) is 0 Å². The number of carboxylic acids is 1. The zero-order chi connectivity index (χ0) is 25.1. The van der Waals surface area contributed by atoms with Gasteiger partial charge in [-0.05, 0) is 25.7 Å². The monoisotopic (exact) mass is 467 g/mol. The lowest BCUT2D eigenvalue weighted by Gasteiger charge is -2.24. The predicted molar refractivity (Wildman–Crippen MR) is 117 cm³/mol. The van der Waals surface area contributed by atoms with Gasteiger partial charge in [-0.2, -0.15) is 0 Å². The van der Waals surface area contributed by atoms with Gasteiger partial charge in [0.25, 0.3) is 0 Å². The van der Waals surface area contributed by atoms with Gasteiger partial charge in [-0.25, -0.2) is 9.78 Å². The first-order valence-electron chi connectivity index (χ1n) is 10.6. The fourth-order valence-corrected chi connectivity index (χ4v) is 2.93. The standard InChI is InChI=1S/C20H33N7O6/c1-10(2)6-15(27-18(30)13(21)7-12-8-23-9-24-12)19(31)25-11(3)17(29)26-14(20(32)33)4-5-16(22)28/h8-11,13-15H,4-7,21H2,1-3H3,(H2,22,28)(H,23,24)(H,25,31)(H,26,29)(H,27,30)(H,32,33). The molecular weight excluding hydrogens is 434 g/mol. The molecule has 0 spiro atoms. The average Bonchev–Trinajstić information content (AvgIpc) is 3.22. The first-order valence-corrected chi connectivity index (χ1v) is 10.6. The molecule has 13 heteroatoms. The molecule has 0 aromatic carbocycles. The highest BCUT2D eigenvalue weighted by Crippen LogP contribution is 2.07. The summed E-state index contributed by atoms with van der Waals surface area (Å²) >= 11 is 0. The molecule has 0 aliphatic carbocycles. The number of primary amides is 1. The Morgan fingerprint density at radius 3 is 2.18 bits per heavy atom. The van der Waals surface area contributed by atoms with Gasteiger partial charge in [-0.3, -0.25) is 19.2 Å². The summed E-state index contributed by atoms with van der Waals surface area (Å²) in [4.78, 5) is 66.5. The number of hydrogen-bond donors (Lipinski definition) is 7. The lowest BCUT2D eigenvalue weighted by molar-refractivity contribution is -0.142. The maximum Gasteiger partial charge on any atom is 0.326 e. The van der Waals surface area contributed by atoms with Crippen LogP contribution in [0.1, 0.15) is 45.7 Å². The molecule has 1 aromatic rings. The Bertz CT molecular complexity index is 827. The second-order valence-corrected chi connectivity index (χ2v) is 8.21. The van der Waals surface area contributed by atoms with Crippen LogP contribution in [0.15, 0.2) is 12.5 Å². The average molecular weight is 468 g/mol. The van der Waals surface area contributed by atoms with Gasteiger partial charge in [0.05, 0.1) is 12.4 Å². The Kier molecular flexibility index (Phi) is 11.0. The summed E-state index contributed by atoms with van der Waals surface area (Å²) in [5.41, 5.74) is 11.6. The number of H-pyrrole nitrogens is 1. The van der Waals surface area contributed by atoms with Crippen molar-refractivity contribution in [2.75, 3.05) is 0 Å². The minimum Gasteiger partial charge on any atom is -0.480 e. The highest BCUT2D eigenvalue weighted by atomic mass is 16.4. The van der Waals surface area contributed by atoms with Crippen LogP contribution in [0.5, 0.6) is 0 Å². The number of aromatic nitrogens is 2. The Balaban J connectivity index is 2.73. The molecule has 4 amide bonds. The number of rotatable bonds is 14. The molecule has 0 bridgehead atoms. The molecule has 9 N–H and O–H groups in total. The van der Waals surface area contributed by atoms with E-state index in [-0.39, 0.29) is 25.2 Å². The second kappa shape index (κ2) is 13.2. The van der Waals surface area contributed by atoms with E-state index in [1.54, 1.807) is 6.20 Å². The molecule has 4 atom stereocenters. The molecular formula is C20H33N7O6. The number of carboxylic acid groups (broad SMARTS) is 1. The predicted octanol–water partition coefficient (Wildman–Crippen LogP) is -1.85. The fraction of sp³-hybridized carbons (Fsp3) is 0.600. The third kappa shape index (κ3) is 10.1.